The molecule has 0 radical (unpaired) electrons. The van der Waals surface area contributed by atoms with Crippen LogP contribution in [0.1, 0.15) is 34.6 Å². The van der Waals surface area contributed by atoms with Gasteiger partial charge in [-0.15, -0.1) is 0 Å². The van der Waals surface area contributed by atoms with E-state index < -0.39 is 24.0 Å². The maximum atomic E-state index is 12.0. The Morgan fingerprint density at radius 1 is 0.950 bits per heavy atom. The van der Waals surface area contributed by atoms with Gasteiger partial charge in [0.05, 0.1) is 23.3 Å². The summed E-state index contributed by atoms with van der Waals surface area (Å²) in [5.41, 5.74) is 0.465. The molecule has 0 heterocycles. The molecule has 110 valence electrons. The Hall–Kier alpha value is -1.92. The fourth-order valence-corrected chi connectivity index (χ4v) is 1.55. The van der Waals surface area contributed by atoms with E-state index in [4.69, 9.17) is 10.2 Å². The molecule has 0 fully saturated rings. The van der Waals surface area contributed by atoms with Gasteiger partial charge in [-0.3, -0.25) is 9.59 Å². The van der Waals surface area contributed by atoms with E-state index in [1.54, 1.807) is 26.0 Å². The predicted molar refractivity (Wildman–Crippen MR) is 74.5 cm³/mol. The lowest BCUT2D eigenvalue weighted by atomic mass is 10.1. The lowest BCUT2D eigenvalue weighted by molar-refractivity contribution is 0.0892. The van der Waals surface area contributed by atoms with Gasteiger partial charge in [-0.1, -0.05) is 12.1 Å². The zero-order valence-electron chi connectivity index (χ0n) is 11.6. The van der Waals surface area contributed by atoms with Gasteiger partial charge in [0.25, 0.3) is 11.8 Å². The van der Waals surface area contributed by atoms with Gasteiger partial charge in [-0.25, -0.2) is 0 Å². The topological polar surface area (TPSA) is 98.7 Å². The van der Waals surface area contributed by atoms with Gasteiger partial charge in [0, 0.05) is 13.1 Å². The molecule has 20 heavy (non-hydrogen) atoms. The van der Waals surface area contributed by atoms with Crippen molar-refractivity contribution < 1.29 is 19.8 Å². The minimum Gasteiger partial charge on any atom is -0.392 e. The molecule has 0 spiro atoms. The van der Waals surface area contributed by atoms with E-state index in [0.717, 1.165) is 0 Å². The highest BCUT2D eigenvalue weighted by Crippen LogP contribution is 2.08. The highest BCUT2D eigenvalue weighted by Gasteiger charge is 2.16. The molecule has 0 aliphatic rings. The standard InChI is InChI=1S/C14H20N2O4/c1-9(17)7-15-13(19)11-5-3-4-6-12(11)14(20)16-8-10(2)18/h3-6,9-10,17-18H,7-8H2,1-2H3,(H,15,19)(H,16,20). The van der Waals surface area contributed by atoms with E-state index in [9.17, 15) is 9.59 Å². The van der Waals surface area contributed by atoms with Crippen LogP contribution in [0.25, 0.3) is 0 Å². The largest absolute Gasteiger partial charge is 0.392 e. The summed E-state index contributed by atoms with van der Waals surface area (Å²) in [6.07, 6.45) is -1.31. The molecule has 1 aromatic rings. The van der Waals surface area contributed by atoms with Crippen LogP contribution in [0.5, 0.6) is 0 Å². The number of hydrogen-bond donors (Lipinski definition) is 4. The van der Waals surface area contributed by atoms with E-state index in [-0.39, 0.29) is 24.2 Å². The molecular formula is C14H20N2O4. The van der Waals surface area contributed by atoms with Crippen LogP contribution >= 0.6 is 0 Å². The molecule has 1 aromatic carbocycles. The van der Waals surface area contributed by atoms with Crippen LogP contribution in [-0.2, 0) is 0 Å². The van der Waals surface area contributed by atoms with Crippen molar-refractivity contribution in [3.63, 3.8) is 0 Å². The third kappa shape index (κ3) is 4.99. The minimum atomic E-state index is -0.657. The summed E-state index contributed by atoms with van der Waals surface area (Å²) in [5, 5.41) is 23.4. The molecule has 0 saturated carbocycles. The van der Waals surface area contributed by atoms with Crippen molar-refractivity contribution in [3.8, 4) is 0 Å². The smallest absolute Gasteiger partial charge is 0.252 e. The first kappa shape index (κ1) is 16.1. The van der Waals surface area contributed by atoms with Crippen LogP contribution in [0.2, 0.25) is 0 Å². The Morgan fingerprint density at radius 3 is 1.60 bits per heavy atom. The molecule has 1 rings (SSSR count). The summed E-state index contributed by atoms with van der Waals surface area (Å²) >= 11 is 0. The number of benzene rings is 1. The highest BCUT2D eigenvalue weighted by atomic mass is 16.3. The second kappa shape index (κ2) is 7.62. The fraction of sp³-hybridized carbons (Fsp3) is 0.429. The summed E-state index contributed by atoms with van der Waals surface area (Å²) < 4.78 is 0. The Balaban J connectivity index is 2.82. The second-order valence-corrected chi connectivity index (χ2v) is 4.66. The number of rotatable bonds is 6. The average molecular weight is 280 g/mol. The van der Waals surface area contributed by atoms with Gasteiger partial charge in [0.2, 0.25) is 0 Å². The van der Waals surface area contributed by atoms with E-state index >= 15 is 0 Å². The molecule has 2 atom stereocenters. The number of carbonyl (C=O) groups excluding carboxylic acids is 2. The zero-order chi connectivity index (χ0) is 15.1. The van der Waals surface area contributed by atoms with Crippen molar-refractivity contribution in [2.24, 2.45) is 0 Å². The van der Waals surface area contributed by atoms with Crippen molar-refractivity contribution >= 4 is 11.8 Å². The number of aliphatic hydroxyl groups is 2. The first-order valence-electron chi connectivity index (χ1n) is 6.43. The van der Waals surface area contributed by atoms with Gasteiger partial charge in [-0.2, -0.15) is 0 Å². The number of nitrogens with one attached hydrogen (secondary N) is 2. The highest BCUT2D eigenvalue weighted by molar-refractivity contribution is 6.07. The fourth-order valence-electron chi connectivity index (χ4n) is 1.55. The van der Waals surface area contributed by atoms with Gasteiger partial charge in [-0.05, 0) is 26.0 Å². The Morgan fingerprint density at radius 2 is 1.30 bits per heavy atom. The van der Waals surface area contributed by atoms with Gasteiger partial charge >= 0.3 is 0 Å². The van der Waals surface area contributed by atoms with Gasteiger partial charge < -0.3 is 20.8 Å². The van der Waals surface area contributed by atoms with Crippen molar-refractivity contribution in [1.29, 1.82) is 0 Å². The Labute approximate surface area is 117 Å². The van der Waals surface area contributed by atoms with Crippen LogP contribution in [-0.4, -0.2) is 47.3 Å². The summed E-state index contributed by atoms with van der Waals surface area (Å²) in [7, 11) is 0. The van der Waals surface area contributed by atoms with E-state index in [2.05, 4.69) is 10.6 Å². The predicted octanol–water partition coefficient (Wildman–Crippen LogP) is -0.0922. The minimum absolute atomic E-state index is 0.114. The van der Waals surface area contributed by atoms with Crippen molar-refractivity contribution in [2.75, 3.05) is 13.1 Å². The molecule has 2 unspecified atom stereocenters. The molecule has 4 N–H and O–H groups in total. The summed E-state index contributed by atoms with van der Waals surface area (Å²) in [6.45, 7) is 3.34. The number of hydrogen-bond acceptors (Lipinski definition) is 4. The van der Waals surface area contributed by atoms with Crippen LogP contribution in [0.15, 0.2) is 24.3 Å². The van der Waals surface area contributed by atoms with Crippen molar-refractivity contribution in [2.45, 2.75) is 26.1 Å². The molecule has 0 bridgehead atoms. The van der Waals surface area contributed by atoms with Crippen LogP contribution < -0.4 is 10.6 Å². The normalized spacial score (nSPS) is 13.4. The van der Waals surface area contributed by atoms with E-state index in [0.29, 0.717) is 0 Å². The summed E-state index contributed by atoms with van der Waals surface area (Å²) in [6, 6.07) is 6.38. The molecule has 6 heteroatoms. The van der Waals surface area contributed by atoms with Crippen LogP contribution in [0, 0.1) is 0 Å². The maximum absolute atomic E-state index is 12.0. The van der Waals surface area contributed by atoms with Crippen LogP contribution in [0.4, 0.5) is 0 Å². The first-order valence-corrected chi connectivity index (χ1v) is 6.43. The molecule has 0 saturated heterocycles. The van der Waals surface area contributed by atoms with Crippen LogP contribution in [0.3, 0.4) is 0 Å². The van der Waals surface area contributed by atoms with Crippen molar-refractivity contribution in [1.82, 2.24) is 10.6 Å². The average Bonchev–Trinajstić information content (AvgIpc) is 2.42. The lowest BCUT2D eigenvalue weighted by Crippen LogP contribution is -2.34. The Kier molecular flexibility index (Phi) is 6.14. The third-order valence-corrected chi connectivity index (χ3v) is 2.53. The molecule has 6 nitrogen and oxygen atoms in total. The van der Waals surface area contributed by atoms with Gasteiger partial charge in [0.15, 0.2) is 0 Å². The summed E-state index contributed by atoms with van der Waals surface area (Å²) in [4.78, 5) is 23.9. The molecule has 0 aliphatic carbocycles. The second-order valence-electron chi connectivity index (χ2n) is 4.66. The summed E-state index contributed by atoms with van der Waals surface area (Å²) in [5.74, 6) is -0.845. The maximum Gasteiger partial charge on any atom is 0.252 e. The Bertz CT molecular complexity index is 429. The monoisotopic (exact) mass is 280 g/mol. The third-order valence-electron chi connectivity index (χ3n) is 2.53. The number of carbonyl (C=O) groups is 2. The molecule has 0 aromatic heterocycles. The first-order chi connectivity index (χ1) is 9.41. The number of aliphatic hydroxyl groups excluding tert-OH is 2. The van der Waals surface area contributed by atoms with E-state index in [1.807, 2.05) is 0 Å². The quantitative estimate of drug-likeness (QED) is 0.585. The zero-order valence-corrected chi connectivity index (χ0v) is 11.6. The number of amides is 2. The molecular weight excluding hydrogens is 260 g/mol. The molecule has 0 aliphatic heterocycles. The SMILES string of the molecule is CC(O)CNC(=O)c1ccccc1C(=O)NCC(C)O. The lowest BCUT2D eigenvalue weighted by Gasteiger charge is -2.12. The molecule has 2 amide bonds. The van der Waals surface area contributed by atoms with Crippen molar-refractivity contribution in [3.05, 3.63) is 35.4 Å². The van der Waals surface area contributed by atoms with E-state index in [1.165, 1.54) is 12.1 Å². The van der Waals surface area contributed by atoms with Gasteiger partial charge in [0.1, 0.15) is 0 Å².